The highest BCUT2D eigenvalue weighted by Gasteiger charge is 2.26. The van der Waals surface area contributed by atoms with E-state index in [2.05, 4.69) is 98.9 Å². The van der Waals surface area contributed by atoms with Crippen LogP contribution in [0.15, 0.2) is 85.1 Å². The van der Waals surface area contributed by atoms with Crippen molar-refractivity contribution in [1.82, 2.24) is 0 Å². The summed E-state index contributed by atoms with van der Waals surface area (Å²) < 4.78 is 33.2. The van der Waals surface area contributed by atoms with E-state index in [-0.39, 0.29) is 38.6 Å². The van der Waals surface area contributed by atoms with E-state index >= 15 is 0 Å². The fourth-order valence-corrected chi connectivity index (χ4v) is 10.6. The van der Waals surface area contributed by atoms with Crippen molar-refractivity contribution in [1.29, 1.82) is 0 Å². The first-order chi connectivity index (χ1) is 39.8. The number of rotatable bonds is 64. The van der Waals surface area contributed by atoms with Crippen LogP contribution in [0.1, 0.15) is 322 Å². The van der Waals surface area contributed by atoms with Gasteiger partial charge in [0, 0.05) is 19.4 Å². The molecule has 0 rings (SSSR count). The second kappa shape index (κ2) is 66.3. The summed E-state index contributed by atoms with van der Waals surface area (Å²) in [6.45, 7) is 3.67. The van der Waals surface area contributed by atoms with Gasteiger partial charge in [0.15, 0.2) is 6.10 Å². The maximum atomic E-state index is 12.8. The molecule has 2 atom stereocenters. The van der Waals surface area contributed by atoms with Crippen molar-refractivity contribution in [3.63, 3.8) is 0 Å². The quantitative estimate of drug-likeness (QED) is 0.0264. The van der Waals surface area contributed by atoms with E-state index in [1.165, 1.54) is 199 Å². The summed E-state index contributed by atoms with van der Waals surface area (Å²) in [5, 5.41) is 0. The average Bonchev–Trinajstić information content (AvgIpc) is 3.46. The third-order valence-electron chi connectivity index (χ3n) is 14.8. The predicted octanol–water partition coefficient (Wildman–Crippen LogP) is 22.2. The molecule has 0 heterocycles. The third kappa shape index (κ3) is 66.2. The number of ether oxygens (including phenoxy) is 2. The Balaban J connectivity index is 3.91. The number of esters is 2. The van der Waals surface area contributed by atoms with Gasteiger partial charge in [0.25, 0.3) is 0 Å². The molecule has 0 saturated heterocycles. The summed E-state index contributed by atoms with van der Waals surface area (Å²) in [5.41, 5.74) is 5.40. The van der Waals surface area contributed by atoms with Crippen LogP contribution in [0.25, 0.3) is 0 Å². The highest BCUT2D eigenvalue weighted by molar-refractivity contribution is 7.47. The zero-order valence-corrected chi connectivity index (χ0v) is 53.7. The van der Waals surface area contributed by atoms with Gasteiger partial charge in [-0.1, -0.05) is 324 Å². The van der Waals surface area contributed by atoms with Gasteiger partial charge in [-0.2, -0.15) is 0 Å². The van der Waals surface area contributed by atoms with Crippen molar-refractivity contribution in [3.8, 4) is 0 Å². The minimum Gasteiger partial charge on any atom is -0.462 e. The van der Waals surface area contributed by atoms with Gasteiger partial charge < -0.3 is 20.1 Å². The number of carbonyl (C=O) groups excluding carboxylic acids is 2. The van der Waals surface area contributed by atoms with E-state index in [9.17, 15) is 19.0 Å². The van der Waals surface area contributed by atoms with E-state index in [4.69, 9.17) is 24.3 Å². The van der Waals surface area contributed by atoms with E-state index in [0.717, 1.165) is 89.9 Å². The minimum absolute atomic E-state index is 0.0504. The van der Waals surface area contributed by atoms with E-state index < -0.39 is 26.5 Å². The Morgan fingerprint density at radius 1 is 0.383 bits per heavy atom. The molecule has 0 spiro atoms. The Kier molecular flexibility index (Phi) is 64.0. The van der Waals surface area contributed by atoms with Crippen LogP contribution in [-0.4, -0.2) is 49.3 Å². The number of unbranched alkanes of at least 4 members (excludes halogenated alkanes) is 37. The van der Waals surface area contributed by atoms with Crippen molar-refractivity contribution in [3.05, 3.63) is 85.1 Å². The molecule has 81 heavy (non-hydrogen) atoms. The fourth-order valence-electron chi connectivity index (χ4n) is 9.80. The van der Waals surface area contributed by atoms with Gasteiger partial charge in [0.1, 0.15) is 6.61 Å². The topological polar surface area (TPSA) is 134 Å². The highest BCUT2D eigenvalue weighted by atomic mass is 31.2. The van der Waals surface area contributed by atoms with Crippen molar-refractivity contribution in [2.45, 2.75) is 328 Å². The lowest BCUT2D eigenvalue weighted by Gasteiger charge is -2.19. The average molecular weight is 1150 g/mol. The van der Waals surface area contributed by atoms with Gasteiger partial charge in [-0.05, 0) is 70.6 Å². The van der Waals surface area contributed by atoms with Crippen LogP contribution in [0, 0.1) is 0 Å². The molecule has 470 valence electrons. The van der Waals surface area contributed by atoms with Gasteiger partial charge in [0.05, 0.1) is 13.2 Å². The summed E-state index contributed by atoms with van der Waals surface area (Å²) >= 11 is 0. The maximum absolute atomic E-state index is 12.8. The Labute approximate surface area is 500 Å². The Hall–Kier alpha value is -2.81. The molecule has 0 fully saturated rings. The van der Waals surface area contributed by atoms with Crippen molar-refractivity contribution in [2.24, 2.45) is 5.73 Å². The normalized spacial score (nSPS) is 13.5. The molecule has 0 saturated carbocycles. The summed E-state index contributed by atoms with van der Waals surface area (Å²) in [5.74, 6) is -0.824. The first-order valence-corrected chi connectivity index (χ1v) is 35.6. The molecule has 0 aliphatic rings. The molecule has 0 bridgehead atoms. The molecule has 0 radical (unpaired) electrons. The van der Waals surface area contributed by atoms with Crippen molar-refractivity contribution in [2.75, 3.05) is 26.4 Å². The van der Waals surface area contributed by atoms with Crippen molar-refractivity contribution >= 4 is 19.8 Å². The number of phosphoric ester groups is 1. The summed E-state index contributed by atoms with van der Waals surface area (Å²) in [4.78, 5) is 35.3. The Morgan fingerprint density at radius 2 is 0.679 bits per heavy atom. The number of allylic oxidation sites excluding steroid dienone is 14. The molecule has 3 N–H and O–H groups in total. The van der Waals surface area contributed by atoms with Crippen LogP contribution >= 0.6 is 7.82 Å². The molecule has 0 aliphatic carbocycles. The summed E-state index contributed by atoms with van der Waals surface area (Å²) in [6, 6.07) is 0. The monoisotopic (exact) mass is 1150 g/mol. The molecule has 9 nitrogen and oxygen atoms in total. The Morgan fingerprint density at radius 3 is 1.01 bits per heavy atom. The van der Waals surface area contributed by atoms with E-state index in [1.807, 2.05) is 0 Å². The number of phosphoric acid groups is 1. The predicted molar refractivity (Wildman–Crippen MR) is 349 cm³/mol. The Bertz CT molecular complexity index is 1600. The lowest BCUT2D eigenvalue weighted by Crippen LogP contribution is -2.29. The largest absolute Gasteiger partial charge is 0.472 e. The van der Waals surface area contributed by atoms with Gasteiger partial charge in [-0.25, -0.2) is 4.57 Å². The summed E-state index contributed by atoms with van der Waals surface area (Å²) in [7, 11) is -4.40. The smallest absolute Gasteiger partial charge is 0.462 e. The molecule has 0 aromatic carbocycles. The van der Waals surface area contributed by atoms with Crippen LogP contribution < -0.4 is 5.73 Å². The van der Waals surface area contributed by atoms with Crippen LogP contribution in [0.2, 0.25) is 0 Å². The highest BCUT2D eigenvalue weighted by Crippen LogP contribution is 2.43. The number of carbonyl (C=O) groups is 2. The second-order valence-electron chi connectivity index (χ2n) is 22.7. The lowest BCUT2D eigenvalue weighted by atomic mass is 10.0. The zero-order chi connectivity index (χ0) is 58.7. The van der Waals surface area contributed by atoms with Crippen LogP contribution in [-0.2, 0) is 32.7 Å². The van der Waals surface area contributed by atoms with Crippen LogP contribution in [0.5, 0.6) is 0 Å². The van der Waals surface area contributed by atoms with Gasteiger partial charge in [-0.3, -0.25) is 18.6 Å². The zero-order valence-electron chi connectivity index (χ0n) is 52.8. The SMILES string of the molecule is CC/C=C\C/C=C\C/C=C\C/C=C\C/C=C\C/C=C\C/C=C\CCCCCCCCCCCC(=O)OC(COC(=O)CCCCCCCCCCCCCCCCCCCCCCCCCCCCCCC)COP(=O)(O)OCCN. The maximum Gasteiger partial charge on any atom is 0.472 e. The van der Waals surface area contributed by atoms with Crippen LogP contribution in [0.3, 0.4) is 0 Å². The van der Waals surface area contributed by atoms with E-state index in [1.54, 1.807) is 0 Å². The standard InChI is InChI=1S/C71H128NO8P/c1-3-5-7-9-11-13-15-17-19-21-23-25-27-29-31-33-34-36-38-40-42-44-46-48-50-52-54-56-58-60-62-64-71(74)80-69(68-79-81(75,76)78-66-65-72)67-77-70(73)63-61-59-57-55-53-51-49-47-45-43-41-39-37-35-32-30-28-26-24-22-20-18-16-14-12-10-8-6-4-2/h5,7,11,13,17,19,23,25,29,31,34,36,40,42,69H,3-4,6,8-10,12,14-16,18,20-22,24,26-28,30,32-33,35,37-39,41,43-68,72H2,1-2H3,(H,75,76)/b7-5-,13-11-,19-17-,25-23-,31-29-,36-34-,42-40-. The molecule has 2 unspecified atom stereocenters. The molecule has 0 aromatic rings. The minimum atomic E-state index is -4.40. The summed E-state index contributed by atoms with van der Waals surface area (Å²) in [6.07, 6.45) is 88.1. The first-order valence-electron chi connectivity index (χ1n) is 34.1. The van der Waals surface area contributed by atoms with Crippen LogP contribution in [0.4, 0.5) is 0 Å². The number of nitrogens with two attached hydrogens (primary N) is 1. The molecule has 0 aliphatic heterocycles. The van der Waals surface area contributed by atoms with E-state index in [0.29, 0.717) is 6.42 Å². The fraction of sp³-hybridized carbons (Fsp3) is 0.775. The first kappa shape index (κ1) is 78.2. The van der Waals surface area contributed by atoms with Crippen molar-refractivity contribution < 1.29 is 37.6 Å². The third-order valence-corrected chi connectivity index (χ3v) is 15.8. The second-order valence-corrected chi connectivity index (χ2v) is 24.1. The van der Waals surface area contributed by atoms with Gasteiger partial charge >= 0.3 is 19.8 Å². The number of hydrogen-bond acceptors (Lipinski definition) is 8. The number of hydrogen-bond donors (Lipinski definition) is 2. The lowest BCUT2D eigenvalue weighted by molar-refractivity contribution is -0.161. The molecule has 0 aromatic heterocycles. The molecular weight excluding hydrogens is 1030 g/mol. The molecule has 0 amide bonds. The molecular formula is C71H128NO8P. The van der Waals surface area contributed by atoms with Gasteiger partial charge in [-0.15, -0.1) is 0 Å². The van der Waals surface area contributed by atoms with Gasteiger partial charge in [0.2, 0.25) is 0 Å². The molecule has 10 heteroatoms.